The van der Waals surface area contributed by atoms with Gasteiger partial charge in [-0.1, -0.05) is 70.9 Å². The van der Waals surface area contributed by atoms with Gasteiger partial charge in [0.05, 0.1) is 0 Å². The molecule has 1 heteroatoms. The predicted octanol–water partition coefficient (Wildman–Crippen LogP) is 10.2. The zero-order chi connectivity index (χ0) is 22.3. The Morgan fingerprint density at radius 1 is 0.656 bits per heavy atom. The lowest BCUT2D eigenvalue weighted by Gasteiger charge is -2.38. The van der Waals surface area contributed by atoms with Gasteiger partial charge in [0.15, 0.2) is 0 Å². The molecule has 0 amide bonds. The van der Waals surface area contributed by atoms with Crippen molar-refractivity contribution in [3.63, 3.8) is 0 Å². The molecule has 0 radical (unpaired) electrons. The molecule has 0 unspecified atom stereocenters. The summed E-state index contributed by atoms with van der Waals surface area (Å²) >= 11 is 0. The summed E-state index contributed by atoms with van der Waals surface area (Å²) in [5, 5.41) is 0. The first-order valence-electron chi connectivity index (χ1n) is 14.5. The largest absolute Gasteiger partial charge is 0.207 e. The first-order valence-corrected chi connectivity index (χ1v) is 14.5. The highest BCUT2D eigenvalue weighted by molar-refractivity contribution is 5.30. The molecule has 3 fully saturated rings. The lowest BCUT2D eigenvalue weighted by molar-refractivity contribution is 0.155. The Morgan fingerprint density at radius 2 is 1.22 bits per heavy atom. The van der Waals surface area contributed by atoms with E-state index in [0.29, 0.717) is 11.8 Å². The van der Waals surface area contributed by atoms with Gasteiger partial charge in [0.1, 0.15) is 5.82 Å². The third-order valence-corrected chi connectivity index (χ3v) is 9.78. The molecule has 0 aromatic heterocycles. The maximum absolute atomic E-state index is 15.2. The molecule has 0 aliphatic heterocycles. The normalized spacial score (nSPS) is 33.8. The van der Waals surface area contributed by atoms with Crippen LogP contribution in [-0.4, -0.2) is 0 Å². The summed E-state index contributed by atoms with van der Waals surface area (Å²) in [6.45, 7) is 4.62. The molecule has 1 aromatic rings. The van der Waals surface area contributed by atoms with E-state index < -0.39 is 0 Å². The van der Waals surface area contributed by atoms with Crippen molar-refractivity contribution in [3.8, 4) is 0 Å². The van der Waals surface area contributed by atoms with Gasteiger partial charge in [0.2, 0.25) is 0 Å². The van der Waals surface area contributed by atoms with E-state index in [9.17, 15) is 0 Å². The fourth-order valence-corrected chi connectivity index (χ4v) is 7.66. The minimum absolute atomic E-state index is 0.0954. The SMILES string of the molecule is CCCCC1CCC(C2CCC(c3ccc(C4CCC(CCC)CC4)cc3F)CC2)CC1. The highest BCUT2D eigenvalue weighted by Crippen LogP contribution is 2.45. The number of hydrogen-bond acceptors (Lipinski definition) is 0. The Morgan fingerprint density at radius 3 is 1.81 bits per heavy atom. The molecule has 4 rings (SSSR count). The van der Waals surface area contributed by atoms with E-state index in [-0.39, 0.29) is 5.82 Å². The minimum atomic E-state index is 0.0954. The van der Waals surface area contributed by atoms with E-state index >= 15 is 4.39 Å². The van der Waals surface area contributed by atoms with Gasteiger partial charge in [-0.3, -0.25) is 0 Å². The standard InChI is InChI=1S/C31H49F/c1-3-5-7-24-10-12-25(13-11-24)26-16-18-28(19-17-26)30-21-20-29(22-31(30)32)27-14-8-23(6-4-2)9-15-27/h20-28H,3-19H2,1-2H3. The summed E-state index contributed by atoms with van der Waals surface area (Å²) in [5.74, 6) is 4.95. The molecule has 0 spiro atoms. The molecule has 0 nitrogen and oxygen atoms in total. The van der Waals surface area contributed by atoms with Crippen molar-refractivity contribution < 1.29 is 4.39 Å². The smallest absolute Gasteiger partial charge is 0.126 e. The Labute approximate surface area is 198 Å². The third-order valence-electron chi connectivity index (χ3n) is 9.78. The van der Waals surface area contributed by atoms with E-state index in [4.69, 9.17) is 0 Å². The van der Waals surface area contributed by atoms with E-state index in [1.807, 2.05) is 6.07 Å². The van der Waals surface area contributed by atoms with Gasteiger partial charge in [-0.25, -0.2) is 4.39 Å². The topological polar surface area (TPSA) is 0 Å². The zero-order valence-electron chi connectivity index (χ0n) is 21.1. The first kappa shape index (κ1) is 24.3. The van der Waals surface area contributed by atoms with Crippen molar-refractivity contribution in [1.29, 1.82) is 0 Å². The highest BCUT2D eigenvalue weighted by atomic mass is 19.1. The Balaban J connectivity index is 1.25. The molecule has 0 atom stereocenters. The summed E-state index contributed by atoms with van der Waals surface area (Å²) in [6.07, 6.45) is 23.1. The second-order valence-electron chi connectivity index (χ2n) is 11.8. The molecular formula is C31H49F. The summed E-state index contributed by atoms with van der Waals surface area (Å²) in [6, 6.07) is 6.38. The maximum Gasteiger partial charge on any atom is 0.126 e. The summed E-state index contributed by atoms with van der Waals surface area (Å²) in [7, 11) is 0. The fraction of sp³-hybridized carbons (Fsp3) is 0.806. The van der Waals surface area contributed by atoms with Crippen LogP contribution in [0.15, 0.2) is 18.2 Å². The average molecular weight is 441 g/mol. The van der Waals surface area contributed by atoms with E-state index in [0.717, 1.165) is 29.2 Å². The molecule has 0 N–H and O–H groups in total. The number of rotatable bonds is 8. The predicted molar refractivity (Wildman–Crippen MR) is 136 cm³/mol. The van der Waals surface area contributed by atoms with Gasteiger partial charge in [-0.15, -0.1) is 0 Å². The molecule has 0 saturated heterocycles. The van der Waals surface area contributed by atoms with Crippen molar-refractivity contribution in [1.82, 2.24) is 0 Å². The monoisotopic (exact) mass is 440 g/mol. The highest BCUT2D eigenvalue weighted by Gasteiger charge is 2.32. The van der Waals surface area contributed by atoms with Gasteiger partial charge in [0.25, 0.3) is 0 Å². The van der Waals surface area contributed by atoms with Crippen LogP contribution in [-0.2, 0) is 0 Å². The average Bonchev–Trinajstić information content (AvgIpc) is 2.84. The number of unbranched alkanes of at least 4 members (excludes halogenated alkanes) is 1. The van der Waals surface area contributed by atoms with Gasteiger partial charge < -0.3 is 0 Å². The van der Waals surface area contributed by atoms with Crippen LogP contribution in [0.2, 0.25) is 0 Å². The third kappa shape index (κ3) is 6.18. The van der Waals surface area contributed by atoms with Gasteiger partial charge >= 0.3 is 0 Å². The van der Waals surface area contributed by atoms with Crippen molar-refractivity contribution in [2.45, 2.75) is 135 Å². The van der Waals surface area contributed by atoms with E-state index in [2.05, 4.69) is 26.0 Å². The Bertz CT molecular complexity index is 670. The minimum Gasteiger partial charge on any atom is -0.207 e. The quantitative estimate of drug-likeness (QED) is 0.377. The molecule has 0 bridgehead atoms. The summed E-state index contributed by atoms with van der Waals surface area (Å²) < 4.78 is 15.2. The number of benzene rings is 1. The Kier molecular flexibility index (Phi) is 9.13. The van der Waals surface area contributed by atoms with Crippen LogP contribution >= 0.6 is 0 Å². The molecule has 0 heterocycles. The van der Waals surface area contributed by atoms with Crippen LogP contribution in [0.25, 0.3) is 0 Å². The van der Waals surface area contributed by atoms with Crippen LogP contribution in [0.1, 0.15) is 146 Å². The van der Waals surface area contributed by atoms with Crippen LogP contribution in [0, 0.1) is 29.5 Å². The zero-order valence-corrected chi connectivity index (χ0v) is 21.1. The fourth-order valence-electron chi connectivity index (χ4n) is 7.66. The van der Waals surface area contributed by atoms with E-state index in [1.54, 1.807) is 0 Å². The molecule has 3 aliphatic rings. The molecule has 1 aromatic carbocycles. The molecule has 32 heavy (non-hydrogen) atoms. The Hall–Kier alpha value is -0.850. The molecule has 3 saturated carbocycles. The van der Waals surface area contributed by atoms with Crippen molar-refractivity contribution >= 4 is 0 Å². The van der Waals surface area contributed by atoms with Crippen LogP contribution < -0.4 is 0 Å². The summed E-state index contributed by atoms with van der Waals surface area (Å²) in [4.78, 5) is 0. The van der Waals surface area contributed by atoms with Gasteiger partial charge in [0, 0.05) is 0 Å². The molecule has 180 valence electrons. The van der Waals surface area contributed by atoms with Gasteiger partial charge in [-0.05, 0) is 117 Å². The van der Waals surface area contributed by atoms with Crippen LogP contribution in [0.4, 0.5) is 4.39 Å². The lowest BCUT2D eigenvalue weighted by atomic mass is 9.68. The van der Waals surface area contributed by atoms with E-state index in [1.165, 1.54) is 115 Å². The molecular weight excluding hydrogens is 391 g/mol. The second-order valence-corrected chi connectivity index (χ2v) is 11.8. The second kappa shape index (κ2) is 12.0. The summed E-state index contributed by atoms with van der Waals surface area (Å²) in [5.41, 5.74) is 2.30. The van der Waals surface area contributed by atoms with Crippen molar-refractivity contribution in [2.75, 3.05) is 0 Å². The number of halogens is 1. The van der Waals surface area contributed by atoms with Crippen LogP contribution in [0.5, 0.6) is 0 Å². The first-order chi connectivity index (χ1) is 15.7. The number of hydrogen-bond donors (Lipinski definition) is 0. The lowest BCUT2D eigenvalue weighted by Crippen LogP contribution is -2.25. The maximum atomic E-state index is 15.2. The van der Waals surface area contributed by atoms with Crippen molar-refractivity contribution in [2.24, 2.45) is 23.7 Å². The van der Waals surface area contributed by atoms with Gasteiger partial charge in [-0.2, -0.15) is 0 Å². The van der Waals surface area contributed by atoms with Crippen LogP contribution in [0.3, 0.4) is 0 Å². The van der Waals surface area contributed by atoms with Crippen molar-refractivity contribution in [3.05, 3.63) is 35.1 Å². The molecule has 3 aliphatic carbocycles.